The van der Waals surface area contributed by atoms with Crippen molar-refractivity contribution in [2.45, 2.75) is 84.5 Å². The number of nitrogens with one attached hydrogen (secondary N) is 2. The van der Waals surface area contributed by atoms with Crippen LogP contribution in [-0.2, 0) is 16.1 Å². The first-order valence-corrected chi connectivity index (χ1v) is 13.9. The highest BCUT2D eigenvalue weighted by atomic mass is 35.5. The Morgan fingerprint density at radius 1 is 1.13 bits per heavy atom. The predicted octanol–water partition coefficient (Wildman–Crippen LogP) is 4.47. The Hall–Kier alpha value is -2.97. The van der Waals surface area contributed by atoms with E-state index in [9.17, 15) is 14.4 Å². The minimum Gasteiger partial charge on any atom is -0.350 e. The summed E-state index contributed by atoms with van der Waals surface area (Å²) < 4.78 is 0. The Balaban J connectivity index is 1.38. The molecule has 204 valence electrons. The molecule has 2 saturated heterocycles. The van der Waals surface area contributed by atoms with E-state index in [0.717, 1.165) is 49.5 Å². The summed E-state index contributed by atoms with van der Waals surface area (Å²) in [6.07, 6.45) is 3.33. The second-order valence-corrected chi connectivity index (χ2v) is 11.0. The lowest BCUT2D eigenvalue weighted by Gasteiger charge is -2.39. The number of hydrogen-bond acceptors (Lipinski definition) is 5. The average Bonchev–Trinajstić information content (AvgIpc) is 3.27. The fourth-order valence-corrected chi connectivity index (χ4v) is 5.44. The molecule has 1 aromatic carbocycles. The van der Waals surface area contributed by atoms with Gasteiger partial charge in [-0.2, -0.15) is 0 Å². The Bertz CT molecular complexity index is 1190. The molecule has 9 heteroatoms. The number of rotatable bonds is 8. The molecule has 2 aliphatic heterocycles. The van der Waals surface area contributed by atoms with Gasteiger partial charge in [-0.15, -0.1) is 0 Å². The smallest absolute Gasteiger partial charge is 0.251 e. The lowest BCUT2D eigenvalue weighted by atomic mass is 10.0. The van der Waals surface area contributed by atoms with E-state index in [1.165, 1.54) is 5.56 Å². The van der Waals surface area contributed by atoms with E-state index >= 15 is 0 Å². The maximum absolute atomic E-state index is 13.3. The highest BCUT2D eigenvalue weighted by Gasteiger charge is 2.41. The van der Waals surface area contributed by atoms with Crippen LogP contribution in [-0.4, -0.2) is 63.7 Å². The van der Waals surface area contributed by atoms with Gasteiger partial charge in [-0.3, -0.25) is 19.3 Å². The minimum absolute atomic E-state index is 0.0303. The Kier molecular flexibility index (Phi) is 9.05. The second-order valence-electron chi connectivity index (χ2n) is 10.6. The third-order valence-corrected chi connectivity index (χ3v) is 8.02. The molecule has 0 bridgehead atoms. The molecular weight excluding hydrogens is 502 g/mol. The van der Waals surface area contributed by atoms with E-state index in [2.05, 4.69) is 32.7 Å². The quantitative estimate of drug-likeness (QED) is 0.516. The van der Waals surface area contributed by atoms with Gasteiger partial charge in [0, 0.05) is 54.4 Å². The Morgan fingerprint density at radius 3 is 2.55 bits per heavy atom. The zero-order valence-electron chi connectivity index (χ0n) is 22.7. The third-order valence-electron chi connectivity index (χ3n) is 7.59. The molecule has 0 spiro atoms. The molecular formula is C29H38ClN5O3. The molecule has 1 aromatic heterocycles. The molecule has 8 nitrogen and oxygen atoms in total. The number of anilines is 1. The van der Waals surface area contributed by atoms with Gasteiger partial charge in [0.15, 0.2) is 0 Å². The summed E-state index contributed by atoms with van der Waals surface area (Å²) in [6, 6.07) is 8.98. The molecule has 0 saturated carbocycles. The molecule has 1 unspecified atom stereocenters. The van der Waals surface area contributed by atoms with Crippen molar-refractivity contribution >= 4 is 35.1 Å². The molecule has 2 N–H and O–H groups in total. The number of carbonyl (C=O) groups is 3. The van der Waals surface area contributed by atoms with Gasteiger partial charge in [0.05, 0.1) is 0 Å². The number of nitrogens with zero attached hydrogens (tertiary/aromatic N) is 3. The van der Waals surface area contributed by atoms with E-state index in [4.69, 9.17) is 11.6 Å². The first kappa shape index (κ1) is 28.0. The van der Waals surface area contributed by atoms with E-state index in [1.54, 1.807) is 24.0 Å². The highest BCUT2D eigenvalue weighted by molar-refractivity contribution is 6.31. The van der Waals surface area contributed by atoms with Crippen LogP contribution in [0, 0.1) is 13.8 Å². The van der Waals surface area contributed by atoms with Crippen LogP contribution < -0.4 is 10.6 Å². The Morgan fingerprint density at radius 2 is 1.87 bits per heavy atom. The number of benzene rings is 1. The molecule has 0 radical (unpaired) electrons. The number of likely N-dealkylation sites (tertiary alicyclic amines) is 2. The number of hydrogen-bond donors (Lipinski definition) is 2. The van der Waals surface area contributed by atoms with Crippen LogP contribution in [0.15, 0.2) is 30.3 Å². The molecule has 2 aromatic rings. The normalized spacial score (nSPS) is 19.4. The van der Waals surface area contributed by atoms with Crippen molar-refractivity contribution in [3.8, 4) is 0 Å². The van der Waals surface area contributed by atoms with E-state index in [0.29, 0.717) is 29.9 Å². The first-order chi connectivity index (χ1) is 18.1. The fraction of sp³-hybridized carbons (Fsp3) is 0.517. The highest BCUT2D eigenvalue weighted by Crippen LogP contribution is 2.29. The predicted molar refractivity (Wildman–Crippen MR) is 149 cm³/mol. The maximum atomic E-state index is 13.3. The third kappa shape index (κ3) is 6.72. The van der Waals surface area contributed by atoms with Crippen LogP contribution in [0.2, 0.25) is 5.02 Å². The average molecular weight is 540 g/mol. The van der Waals surface area contributed by atoms with Crippen LogP contribution in [0.25, 0.3) is 0 Å². The monoisotopic (exact) mass is 539 g/mol. The molecule has 3 heterocycles. The van der Waals surface area contributed by atoms with Gasteiger partial charge < -0.3 is 15.5 Å². The number of piperidine rings is 1. The molecule has 38 heavy (non-hydrogen) atoms. The largest absolute Gasteiger partial charge is 0.350 e. The summed E-state index contributed by atoms with van der Waals surface area (Å²) in [5.41, 5.74) is 3.39. The topological polar surface area (TPSA) is 94.6 Å². The van der Waals surface area contributed by atoms with Crippen LogP contribution >= 0.6 is 11.6 Å². The molecule has 0 aliphatic carbocycles. The lowest BCUT2D eigenvalue weighted by molar-refractivity contribution is -0.136. The summed E-state index contributed by atoms with van der Waals surface area (Å²) in [7, 11) is 0. The van der Waals surface area contributed by atoms with Crippen molar-refractivity contribution in [3.05, 3.63) is 57.7 Å². The van der Waals surface area contributed by atoms with Crippen molar-refractivity contribution in [2.24, 2.45) is 0 Å². The number of aromatic nitrogens is 1. The standard InChI is InChI=1S/C29H38ClN5O3/c1-5-19(3)32-28(37)22-15-20(4)31-26(16-22)33-29(38)25-8-9-27(36)35(25)23-10-12-34(13-11-23)17-21-6-7-24(30)18(2)14-21/h6-7,14-16,19,23,25H,5,8-13,17H2,1-4H3,(H,32,37)(H,31,33,38)/t19?,25-/m1/s1. The van der Waals surface area contributed by atoms with Gasteiger partial charge in [0.1, 0.15) is 11.9 Å². The minimum atomic E-state index is -0.530. The number of carbonyl (C=O) groups excluding carboxylic acids is 3. The van der Waals surface area contributed by atoms with Crippen LogP contribution in [0.1, 0.15) is 73.1 Å². The van der Waals surface area contributed by atoms with Crippen LogP contribution in [0.5, 0.6) is 0 Å². The Labute approximate surface area is 230 Å². The van der Waals surface area contributed by atoms with Crippen molar-refractivity contribution in [2.75, 3.05) is 18.4 Å². The van der Waals surface area contributed by atoms with Gasteiger partial charge in [-0.25, -0.2) is 4.98 Å². The second kappa shape index (κ2) is 12.3. The van der Waals surface area contributed by atoms with Gasteiger partial charge in [0.2, 0.25) is 11.8 Å². The molecule has 2 aliphatic rings. The van der Waals surface area contributed by atoms with Gasteiger partial charge in [-0.05, 0) is 75.8 Å². The molecule has 2 atom stereocenters. The van der Waals surface area contributed by atoms with Gasteiger partial charge in [-0.1, -0.05) is 30.7 Å². The number of aryl methyl sites for hydroxylation is 2. The zero-order valence-corrected chi connectivity index (χ0v) is 23.5. The maximum Gasteiger partial charge on any atom is 0.251 e. The van der Waals surface area contributed by atoms with Crippen LogP contribution in [0.3, 0.4) is 0 Å². The first-order valence-electron chi connectivity index (χ1n) is 13.5. The van der Waals surface area contributed by atoms with E-state index < -0.39 is 6.04 Å². The van der Waals surface area contributed by atoms with E-state index in [1.807, 2.05) is 26.8 Å². The zero-order chi connectivity index (χ0) is 27.4. The summed E-state index contributed by atoms with van der Waals surface area (Å²) in [4.78, 5) is 47.4. The summed E-state index contributed by atoms with van der Waals surface area (Å²) >= 11 is 6.17. The summed E-state index contributed by atoms with van der Waals surface area (Å²) in [5.74, 6) is -0.0840. The van der Waals surface area contributed by atoms with Crippen molar-refractivity contribution in [1.29, 1.82) is 0 Å². The van der Waals surface area contributed by atoms with Crippen molar-refractivity contribution in [3.63, 3.8) is 0 Å². The number of pyridine rings is 1. The lowest BCUT2D eigenvalue weighted by Crippen LogP contribution is -2.51. The van der Waals surface area contributed by atoms with Crippen molar-refractivity contribution in [1.82, 2.24) is 20.1 Å². The van der Waals surface area contributed by atoms with Gasteiger partial charge in [0.25, 0.3) is 5.91 Å². The van der Waals surface area contributed by atoms with Gasteiger partial charge >= 0.3 is 0 Å². The van der Waals surface area contributed by atoms with Crippen molar-refractivity contribution < 1.29 is 14.4 Å². The summed E-state index contributed by atoms with van der Waals surface area (Å²) in [6.45, 7) is 10.3. The summed E-state index contributed by atoms with van der Waals surface area (Å²) in [5, 5.41) is 6.60. The van der Waals surface area contributed by atoms with Crippen LogP contribution in [0.4, 0.5) is 5.82 Å². The number of halogens is 1. The molecule has 2 fully saturated rings. The van der Waals surface area contributed by atoms with E-state index in [-0.39, 0.29) is 29.8 Å². The SMILES string of the molecule is CCC(C)NC(=O)c1cc(C)nc(NC(=O)[C@H]2CCC(=O)N2C2CCN(Cc3ccc(Cl)c(C)c3)CC2)c1. The number of amides is 3. The molecule has 4 rings (SSSR count). The fourth-order valence-electron chi connectivity index (χ4n) is 5.32. The molecule has 3 amide bonds.